The maximum atomic E-state index is 12.1. The van der Waals surface area contributed by atoms with Gasteiger partial charge in [-0.1, -0.05) is 6.07 Å². The Kier molecular flexibility index (Phi) is 4.96. The molecule has 0 radical (unpaired) electrons. The molecule has 2 aromatic carbocycles. The summed E-state index contributed by atoms with van der Waals surface area (Å²) in [5.74, 6) is -0.808. The number of ether oxygens (including phenoxy) is 2. The quantitative estimate of drug-likeness (QED) is 0.592. The predicted octanol–water partition coefficient (Wildman–Crippen LogP) is 4.92. The van der Waals surface area contributed by atoms with E-state index in [0.717, 1.165) is 24.3 Å². The number of hydrogen-bond donors (Lipinski definition) is 2. The summed E-state index contributed by atoms with van der Waals surface area (Å²) in [6.07, 6.45) is -9.59. The lowest BCUT2D eigenvalue weighted by molar-refractivity contribution is -0.275. The van der Waals surface area contributed by atoms with Crippen molar-refractivity contribution < 1.29 is 35.8 Å². The van der Waals surface area contributed by atoms with Crippen molar-refractivity contribution >= 4 is 11.4 Å². The lowest BCUT2D eigenvalue weighted by Crippen LogP contribution is -2.17. The molecule has 0 aliphatic rings. The fraction of sp³-hybridized carbons (Fsp3) is 0.143. The Labute approximate surface area is 132 Å². The number of halogens is 6. The lowest BCUT2D eigenvalue weighted by Gasteiger charge is -2.13. The van der Waals surface area contributed by atoms with Crippen molar-refractivity contribution in [1.82, 2.24) is 0 Å². The summed E-state index contributed by atoms with van der Waals surface area (Å²) in [5.41, 5.74) is 5.84. The fourth-order valence-corrected chi connectivity index (χ4v) is 1.66. The van der Waals surface area contributed by atoms with Crippen LogP contribution in [0, 0.1) is 0 Å². The first-order valence-corrected chi connectivity index (χ1v) is 6.34. The van der Waals surface area contributed by atoms with E-state index < -0.39 is 24.2 Å². The van der Waals surface area contributed by atoms with Gasteiger partial charge < -0.3 is 20.3 Å². The van der Waals surface area contributed by atoms with E-state index in [0.29, 0.717) is 5.69 Å². The van der Waals surface area contributed by atoms with Crippen LogP contribution >= 0.6 is 0 Å². The molecule has 10 heteroatoms. The van der Waals surface area contributed by atoms with Crippen LogP contribution < -0.4 is 20.3 Å². The Bertz CT molecular complexity index is 670. The van der Waals surface area contributed by atoms with Crippen LogP contribution in [0.5, 0.6) is 11.5 Å². The van der Waals surface area contributed by atoms with Crippen LogP contribution in [0.25, 0.3) is 0 Å². The minimum absolute atomic E-state index is 0.257. The van der Waals surface area contributed by atoms with E-state index in [1.54, 1.807) is 0 Å². The predicted molar refractivity (Wildman–Crippen MR) is 73.5 cm³/mol. The highest BCUT2D eigenvalue weighted by Crippen LogP contribution is 2.26. The molecule has 0 aliphatic heterocycles. The van der Waals surface area contributed by atoms with E-state index in [1.165, 1.54) is 24.3 Å². The van der Waals surface area contributed by atoms with Gasteiger partial charge in [0.1, 0.15) is 11.5 Å². The molecule has 0 unspecified atom stereocenters. The Morgan fingerprint density at radius 1 is 0.625 bits per heavy atom. The van der Waals surface area contributed by atoms with Gasteiger partial charge in [-0.15, -0.1) is 26.3 Å². The zero-order valence-electron chi connectivity index (χ0n) is 11.7. The number of hydrogen-bond acceptors (Lipinski definition) is 4. The van der Waals surface area contributed by atoms with Gasteiger partial charge in [0.25, 0.3) is 0 Å². The van der Waals surface area contributed by atoms with E-state index >= 15 is 0 Å². The maximum absolute atomic E-state index is 12.1. The fourth-order valence-electron chi connectivity index (χ4n) is 1.66. The summed E-state index contributed by atoms with van der Waals surface area (Å²) in [6.45, 7) is 0. The largest absolute Gasteiger partial charge is 0.573 e. The summed E-state index contributed by atoms with van der Waals surface area (Å²) in [6, 6.07) is 9.79. The van der Waals surface area contributed by atoms with Crippen LogP contribution in [-0.2, 0) is 0 Å². The third-order valence-electron chi connectivity index (χ3n) is 2.51. The van der Waals surface area contributed by atoms with Crippen molar-refractivity contribution in [1.29, 1.82) is 0 Å². The molecule has 4 nitrogen and oxygen atoms in total. The van der Waals surface area contributed by atoms with Gasteiger partial charge in [-0.3, -0.25) is 0 Å². The minimum Gasteiger partial charge on any atom is -0.406 e. The van der Waals surface area contributed by atoms with Crippen LogP contribution in [-0.4, -0.2) is 12.7 Å². The van der Waals surface area contributed by atoms with E-state index in [1.807, 2.05) is 0 Å². The van der Waals surface area contributed by atoms with Crippen molar-refractivity contribution in [2.45, 2.75) is 12.7 Å². The molecule has 0 amide bonds. The number of hydrazine groups is 1. The minimum atomic E-state index is -4.81. The molecular formula is C14H10F6N2O2. The number of benzene rings is 2. The summed E-state index contributed by atoms with van der Waals surface area (Å²) in [7, 11) is 0. The second-order valence-electron chi connectivity index (χ2n) is 4.40. The molecule has 0 atom stereocenters. The van der Waals surface area contributed by atoms with Gasteiger partial charge in [-0.2, -0.15) is 0 Å². The highest BCUT2D eigenvalue weighted by Gasteiger charge is 2.31. The highest BCUT2D eigenvalue weighted by atomic mass is 19.4. The number of rotatable bonds is 5. The third kappa shape index (κ3) is 6.15. The second kappa shape index (κ2) is 6.77. The second-order valence-corrected chi connectivity index (χ2v) is 4.40. The smallest absolute Gasteiger partial charge is 0.406 e. The first-order valence-electron chi connectivity index (χ1n) is 6.34. The molecule has 0 heterocycles. The number of anilines is 2. The first kappa shape index (κ1) is 17.6. The van der Waals surface area contributed by atoms with Crippen LogP contribution in [0.3, 0.4) is 0 Å². The third-order valence-corrected chi connectivity index (χ3v) is 2.51. The average Bonchev–Trinajstić information content (AvgIpc) is 2.43. The zero-order valence-corrected chi connectivity index (χ0v) is 11.7. The summed E-state index contributed by atoms with van der Waals surface area (Å²) < 4.78 is 79.9. The molecule has 0 aromatic heterocycles. The van der Waals surface area contributed by atoms with Crippen LogP contribution in [0.4, 0.5) is 37.7 Å². The average molecular weight is 352 g/mol. The van der Waals surface area contributed by atoms with E-state index in [-0.39, 0.29) is 5.69 Å². The number of nitrogens with one attached hydrogen (secondary N) is 2. The van der Waals surface area contributed by atoms with Crippen molar-refractivity contribution in [3.8, 4) is 11.5 Å². The Morgan fingerprint density at radius 2 is 1.17 bits per heavy atom. The summed E-state index contributed by atoms with van der Waals surface area (Å²) in [5, 5.41) is 0. The molecule has 0 bridgehead atoms. The van der Waals surface area contributed by atoms with Crippen LogP contribution in [0.15, 0.2) is 48.5 Å². The van der Waals surface area contributed by atoms with Crippen LogP contribution in [0.1, 0.15) is 0 Å². The van der Waals surface area contributed by atoms with E-state index in [2.05, 4.69) is 20.3 Å². The molecule has 0 saturated carbocycles. The highest BCUT2D eigenvalue weighted by molar-refractivity contribution is 5.55. The van der Waals surface area contributed by atoms with Gasteiger partial charge in [0.15, 0.2) is 0 Å². The van der Waals surface area contributed by atoms with Gasteiger partial charge in [0.2, 0.25) is 0 Å². The Morgan fingerprint density at radius 3 is 1.75 bits per heavy atom. The summed E-state index contributed by atoms with van der Waals surface area (Å²) in [4.78, 5) is 0. The summed E-state index contributed by atoms with van der Waals surface area (Å²) >= 11 is 0. The van der Waals surface area contributed by atoms with Crippen molar-refractivity contribution in [2.75, 3.05) is 10.9 Å². The Balaban J connectivity index is 1.95. The molecular weight excluding hydrogens is 342 g/mol. The molecule has 2 aromatic rings. The monoisotopic (exact) mass is 352 g/mol. The van der Waals surface area contributed by atoms with E-state index in [4.69, 9.17) is 0 Å². The standard InChI is InChI=1S/C14H10F6N2O2/c15-13(16,17)23-11-6-4-9(5-7-11)21-22-10-2-1-3-12(8-10)24-14(18,19)20/h1-8,21-22H. The van der Waals surface area contributed by atoms with Gasteiger partial charge in [-0.25, -0.2) is 0 Å². The maximum Gasteiger partial charge on any atom is 0.573 e. The van der Waals surface area contributed by atoms with Crippen molar-refractivity contribution in [3.63, 3.8) is 0 Å². The molecule has 0 saturated heterocycles. The first-order chi connectivity index (χ1) is 11.1. The van der Waals surface area contributed by atoms with Gasteiger partial charge in [-0.05, 0) is 36.4 Å². The van der Waals surface area contributed by atoms with Gasteiger partial charge >= 0.3 is 12.7 Å². The van der Waals surface area contributed by atoms with E-state index in [9.17, 15) is 26.3 Å². The zero-order chi connectivity index (χ0) is 17.8. The van der Waals surface area contributed by atoms with Crippen molar-refractivity contribution in [2.24, 2.45) is 0 Å². The van der Waals surface area contributed by atoms with Gasteiger partial charge in [0.05, 0.1) is 11.4 Å². The SMILES string of the molecule is FC(F)(F)Oc1ccc(NNc2cccc(OC(F)(F)F)c2)cc1. The topological polar surface area (TPSA) is 42.5 Å². The molecule has 130 valence electrons. The van der Waals surface area contributed by atoms with Gasteiger partial charge in [0, 0.05) is 6.07 Å². The molecule has 0 fully saturated rings. The van der Waals surface area contributed by atoms with Crippen molar-refractivity contribution in [3.05, 3.63) is 48.5 Å². The number of alkyl halides is 6. The molecule has 2 rings (SSSR count). The molecule has 24 heavy (non-hydrogen) atoms. The normalized spacial score (nSPS) is 11.8. The lowest BCUT2D eigenvalue weighted by atomic mass is 10.3. The Hall–Kier alpha value is -2.78. The van der Waals surface area contributed by atoms with Crippen LogP contribution in [0.2, 0.25) is 0 Å². The molecule has 0 aliphatic carbocycles. The molecule has 0 spiro atoms. The molecule has 2 N–H and O–H groups in total.